The number of hydrogen-bond donors (Lipinski definition) is 1. The van der Waals surface area contributed by atoms with Crippen molar-refractivity contribution in [2.45, 2.75) is 17.4 Å². The highest BCUT2D eigenvalue weighted by atomic mass is 79.9. The van der Waals surface area contributed by atoms with Crippen molar-refractivity contribution in [3.8, 4) is 0 Å². The Labute approximate surface area is 132 Å². The molecule has 0 bridgehead atoms. The van der Waals surface area contributed by atoms with Gasteiger partial charge in [0.15, 0.2) is 0 Å². The van der Waals surface area contributed by atoms with E-state index < -0.39 is 21.4 Å². The molecule has 3 nitrogen and oxygen atoms in total. The van der Waals surface area contributed by atoms with Gasteiger partial charge in [0, 0.05) is 5.33 Å². The molecule has 1 atom stereocenters. The molecule has 1 N–H and O–H groups in total. The van der Waals surface area contributed by atoms with E-state index in [1.54, 1.807) is 6.92 Å². The fourth-order valence-corrected chi connectivity index (χ4v) is 4.11. The van der Waals surface area contributed by atoms with Crippen molar-refractivity contribution in [2.24, 2.45) is 0 Å². The van der Waals surface area contributed by atoms with Crippen molar-refractivity contribution in [1.82, 2.24) is 4.72 Å². The molecule has 112 valence electrons. The van der Waals surface area contributed by atoms with Gasteiger partial charge >= 0.3 is 0 Å². The lowest BCUT2D eigenvalue weighted by Crippen LogP contribution is -2.45. The molecule has 2 aromatic rings. The van der Waals surface area contributed by atoms with Gasteiger partial charge in [-0.1, -0.05) is 58.4 Å². The van der Waals surface area contributed by atoms with Crippen LogP contribution in [0, 0.1) is 5.82 Å². The highest BCUT2D eigenvalue weighted by Crippen LogP contribution is 2.26. The Morgan fingerprint density at radius 2 is 1.67 bits per heavy atom. The number of hydrogen-bond acceptors (Lipinski definition) is 2. The standard InChI is InChI=1S/C15H15BrFNO2S/c1-15(11-16,12-7-3-2-4-8-12)18-21(19,20)14-10-6-5-9-13(14)17/h2-10,18H,11H2,1H3. The molecule has 0 aliphatic heterocycles. The van der Waals surface area contributed by atoms with Gasteiger partial charge < -0.3 is 0 Å². The average molecular weight is 372 g/mol. The van der Waals surface area contributed by atoms with Crippen molar-refractivity contribution in [3.63, 3.8) is 0 Å². The van der Waals surface area contributed by atoms with Crippen LogP contribution in [0.3, 0.4) is 0 Å². The molecule has 0 spiro atoms. The minimum Gasteiger partial charge on any atom is -0.207 e. The minimum absolute atomic E-state index is 0.354. The summed E-state index contributed by atoms with van der Waals surface area (Å²) in [5.41, 5.74) is -0.0793. The van der Waals surface area contributed by atoms with E-state index in [-0.39, 0.29) is 4.90 Å². The van der Waals surface area contributed by atoms with E-state index in [4.69, 9.17) is 0 Å². The maximum absolute atomic E-state index is 13.7. The Kier molecular flexibility index (Phi) is 4.81. The third kappa shape index (κ3) is 3.51. The summed E-state index contributed by atoms with van der Waals surface area (Å²) in [5.74, 6) is -0.769. The van der Waals surface area contributed by atoms with Crippen molar-refractivity contribution in [3.05, 3.63) is 66.0 Å². The molecule has 6 heteroatoms. The van der Waals surface area contributed by atoms with E-state index in [9.17, 15) is 12.8 Å². The van der Waals surface area contributed by atoms with Gasteiger partial charge in [-0.05, 0) is 24.6 Å². The summed E-state index contributed by atoms with van der Waals surface area (Å²) in [5, 5.41) is 0.359. The van der Waals surface area contributed by atoms with Crippen molar-refractivity contribution in [1.29, 1.82) is 0 Å². The van der Waals surface area contributed by atoms with Gasteiger partial charge in [0.2, 0.25) is 10.0 Å². The van der Waals surface area contributed by atoms with E-state index in [0.29, 0.717) is 5.33 Å². The first-order valence-corrected chi connectivity index (χ1v) is 8.89. The number of halogens is 2. The van der Waals surface area contributed by atoms with Gasteiger partial charge in [0.25, 0.3) is 0 Å². The first-order valence-electron chi connectivity index (χ1n) is 6.29. The fourth-order valence-electron chi connectivity index (χ4n) is 1.98. The van der Waals surface area contributed by atoms with Gasteiger partial charge in [-0.2, -0.15) is 4.72 Å². The van der Waals surface area contributed by atoms with Crippen LogP contribution < -0.4 is 4.72 Å². The van der Waals surface area contributed by atoms with Crippen molar-refractivity contribution < 1.29 is 12.8 Å². The summed E-state index contributed by atoms with van der Waals surface area (Å²) in [6, 6.07) is 14.5. The molecule has 21 heavy (non-hydrogen) atoms. The van der Waals surface area contributed by atoms with Crippen LogP contribution in [0.2, 0.25) is 0 Å². The first kappa shape index (κ1) is 16.1. The van der Waals surface area contributed by atoms with Crippen molar-refractivity contribution in [2.75, 3.05) is 5.33 Å². The lowest BCUT2D eigenvalue weighted by molar-refractivity contribution is 0.477. The zero-order valence-electron chi connectivity index (χ0n) is 11.4. The molecule has 2 rings (SSSR count). The maximum Gasteiger partial charge on any atom is 0.244 e. The summed E-state index contributed by atoms with van der Waals surface area (Å²) in [6.45, 7) is 1.75. The first-order chi connectivity index (χ1) is 9.89. The summed E-state index contributed by atoms with van der Waals surface area (Å²) in [6.07, 6.45) is 0. The number of alkyl halides is 1. The van der Waals surface area contributed by atoms with Crippen LogP contribution in [0.4, 0.5) is 4.39 Å². The molecule has 0 amide bonds. The smallest absolute Gasteiger partial charge is 0.207 e. The third-order valence-corrected chi connectivity index (χ3v) is 5.91. The summed E-state index contributed by atoms with van der Waals surface area (Å²) >= 11 is 3.33. The Morgan fingerprint density at radius 3 is 2.24 bits per heavy atom. The molecule has 2 aromatic carbocycles. The highest BCUT2D eigenvalue weighted by molar-refractivity contribution is 9.09. The Hall–Kier alpha value is -1.24. The lowest BCUT2D eigenvalue weighted by Gasteiger charge is -2.29. The molecule has 0 radical (unpaired) electrons. The Morgan fingerprint density at radius 1 is 1.10 bits per heavy atom. The van der Waals surface area contributed by atoms with E-state index in [1.165, 1.54) is 18.2 Å². The van der Waals surface area contributed by atoms with E-state index in [2.05, 4.69) is 20.7 Å². The molecular weight excluding hydrogens is 357 g/mol. The highest BCUT2D eigenvalue weighted by Gasteiger charge is 2.32. The number of nitrogens with one attached hydrogen (secondary N) is 1. The molecule has 0 saturated carbocycles. The van der Waals surface area contributed by atoms with E-state index in [0.717, 1.165) is 11.6 Å². The number of benzene rings is 2. The molecule has 0 fully saturated rings. The van der Waals surface area contributed by atoms with Crippen LogP contribution >= 0.6 is 15.9 Å². The quantitative estimate of drug-likeness (QED) is 0.818. The monoisotopic (exact) mass is 371 g/mol. The summed E-state index contributed by atoms with van der Waals surface area (Å²) < 4.78 is 41.2. The summed E-state index contributed by atoms with van der Waals surface area (Å²) in [4.78, 5) is -0.354. The topological polar surface area (TPSA) is 46.2 Å². The molecule has 0 aliphatic rings. The number of sulfonamides is 1. The van der Waals surface area contributed by atoms with Gasteiger partial charge in [0.05, 0.1) is 5.54 Å². The second kappa shape index (κ2) is 6.25. The van der Waals surface area contributed by atoms with Crippen LogP contribution in [0.15, 0.2) is 59.5 Å². The fraction of sp³-hybridized carbons (Fsp3) is 0.200. The Bertz CT molecular complexity index is 721. The molecule has 0 saturated heterocycles. The predicted molar refractivity (Wildman–Crippen MR) is 84.3 cm³/mol. The van der Waals surface area contributed by atoms with E-state index >= 15 is 0 Å². The van der Waals surface area contributed by atoms with Gasteiger partial charge in [-0.15, -0.1) is 0 Å². The molecule has 0 heterocycles. The summed E-state index contributed by atoms with van der Waals surface area (Å²) in [7, 11) is -3.96. The lowest BCUT2D eigenvalue weighted by atomic mass is 9.96. The molecular formula is C15H15BrFNO2S. The second-order valence-corrected chi connectivity index (χ2v) is 7.08. The van der Waals surface area contributed by atoms with Crippen LogP contribution in [0.5, 0.6) is 0 Å². The average Bonchev–Trinajstić information content (AvgIpc) is 2.48. The zero-order chi connectivity index (χ0) is 15.5. The predicted octanol–water partition coefficient (Wildman–Crippen LogP) is 3.41. The van der Waals surface area contributed by atoms with Crippen LogP contribution in [-0.4, -0.2) is 13.7 Å². The maximum atomic E-state index is 13.7. The van der Waals surface area contributed by atoms with E-state index in [1.807, 2.05) is 30.3 Å². The van der Waals surface area contributed by atoms with Crippen molar-refractivity contribution >= 4 is 26.0 Å². The third-order valence-electron chi connectivity index (χ3n) is 3.16. The van der Waals surface area contributed by atoms with Crippen LogP contribution in [-0.2, 0) is 15.6 Å². The number of rotatable bonds is 5. The molecule has 0 aromatic heterocycles. The largest absolute Gasteiger partial charge is 0.244 e. The SMILES string of the molecule is CC(CBr)(NS(=O)(=O)c1ccccc1F)c1ccccc1. The van der Waals surface area contributed by atoms with Gasteiger partial charge in [-0.25, -0.2) is 12.8 Å². The van der Waals surface area contributed by atoms with Gasteiger partial charge in [0.1, 0.15) is 10.7 Å². The zero-order valence-corrected chi connectivity index (χ0v) is 13.8. The Balaban J connectivity index is 2.41. The van der Waals surface area contributed by atoms with Crippen LogP contribution in [0.25, 0.3) is 0 Å². The van der Waals surface area contributed by atoms with Crippen LogP contribution in [0.1, 0.15) is 12.5 Å². The second-order valence-electron chi connectivity index (χ2n) is 4.87. The molecule has 1 unspecified atom stereocenters. The molecule has 0 aliphatic carbocycles. The normalized spacial score (nSPS) is 14.6. The van der Waals surface area contributed by atoms with Gasteiger partial charge in [-0.3, -0.25) is 0 Å². The minimum atomic E-state index is -3.96.